The van der Waals surface area contributed by atoms with E-state index in [0.29, 0.717) is 41.0 Å². The molecule has 0 aliphatic carbocycles. The van der Waals surface area contributed by atoms with Crippen LogP contribution in [0.25, 0.3) is 11.0 Å². The van der Waals surface area contributed by atoms with Gasteiger partial charge in [0.1, 0.15) is 23.1 Å². The van der Waals surface area contributed by atoms with Crippen LogP contribution in [0, 0.1) is 6.92 Å². The highest BCUT2D eigenvalue weighted by Crippen LogP contribution is 2.29. The van der Waals surface area contributed by atoms with E-state index in [1.54, 1.807) is 32.2 Å². The van der Waals surface area contributed by atoms with Crippen LogP contribution in [0.15, 0.2) is 22.6 Å². The number of methoxy groups -OCH3 is 1. The maximum absolute atomic E-state index is 12.4. The third kappa shape index (κ3) is 2.33. The molecule has 3 rings (SSSR count). The fourth-order valence-corrected chi connectivity index (χ4v) is 2.57. The number of carbonyl (C=O) groups is 2. The summed E-state index contributed by atoms with van der Waals surface area (Å²) >= 11 is 0. The predicted octanol–water partition coefficient (Wildman–Crippen LogP) is 1.37. The summed E-state index contributed by atoms with van der Waals surface area (Å²) in [5.41, 5.74) is 1.07. The Labute approximate surface area is 121 Å². The Morgan fingerprint density at radius 2 is 2.29 bits per heavy atom. The van der Waals surface area contributed by atoms with Crippen LogP contribution in [0.3, 0.4) is 0 Å². The molecular formula is C15H16N2O4. The monoisotopic (exact) mass is 288 g/mol. The van der Waals surface area contributed by atoms with E-state index in [-0.39, 0.29) is 11.8 Å². The lowest BCUT2D eigenvalue weighted by Gasteiger charge is -2.09. The van der Waals surface area contributed by atoms with Crippen molar-refractivity contribution in [1.82, 2.24) is 10.6 Å². The number of hydrogen-bond donors (Lipinski definition) is 2. The second-order valence-corrected chi connectivity index (χ2v) is 5.00. The smallest absolute Gasteiger partial charge is 0.256 e. The molecular weight excluding hydrogens is 272 g/mol. The Balaban J connectivity index is 1.96. The number of carbonyl (C=O) groups excluding carboxylic acids is 2. The van der Waals surface area contributed by atoms with Crippen molar-refractivity contribution in [1.29, 1.82) is 0 Å². The Hall–Kier alpha value is -2.50. The van der Waals surface area contributed by atoms with Crippen LogP contribution in [0.2, 0.25) is 0 Å². The molecule has 1 unspecified atom stereocenters. The summed E-state index contributed by atoms with van der Waals surface area (Å²) in [5, 5.41) is 6.13. The molecule has 21 heavy (non-hydrogen) atoms. The quantitative estimate of drug-likeness (QED) is 0.894. The van der Waals surface area contributed by atoms with Crippen molar-refractivity contribution < 1.29 is 18.7 Å². The standard InChI is InChI=1S/C15H16N2O4/c1-8-13(15(19)17-11-5-6-16-14(11)18)10-7-9(20-2)3-4-12(10)21-8/h3-4,7,11H,5-6H2,1-2H3,(H,16,18)(H,17,19). The summed E-state index contributed by atoms with van der Waals surface area (Å²) < 4.78 is 10.8. The maximum atomic E-state index is 12.4. The fraction of sp³-hybridized carbons (Fsp3) is 0.333. The number of nitrogens with one attached hydrogen (secondary N) is 2. The molecule has 1 aliphatic rings. The average Bonchev–Trinajstić information content (AvgIpc) is 3.00. The van der Waals surface area contributed by atoms with Crippen molar-refractivity contribution >= 4 is 22.8 Å². The third-order valence-electron chi connectivity index (χ3n) is 3.65. The number of furan rings is 1. The molecule has 6 heteroatoms. The molecule has 1 fully saturated rings. The molecule has 1 aliphatic heterocycles. The van der Waals surface area contributed by atoms with E-state index in [0.717, 1.165) is 0 Å². The molecule has 1 aromatic heterocycles. The molecule has 1 saturated heterocycles. The number of aryl methyl sites for hydroxylation is 1. The number of fused-ring (bicyclic) bond motifs is 1. The van der Waals surface area contributed by atoms with Gasteiger partial charge in [-0.15, -0.1) is 0 Å². The molecule has 2 heterocycles. The lowest BCUT2D eigenvalue weighted by Crippen LogP contribution is -2.40. The summed E-state index contributed by atoms with van der Waals surface area (Å²) in [6, 6.07) is 4.82. The van der Waals surface area contributed by atoms with E-state index >= 15 is 0 Å². The van der Waals surface area contributed by atoms with Gasteiger partial charge in [-0.1, -0.05) is 0 Å². The van der Waals surface area contributed by atoms with Gasteiger partial charge in [0, 0.05) is 11.9 Å². The van der Waals surface area contributed by atoms with Gasteiger partial charge in [0.2, 0.25) is 5.91 Å². The van der Waals surface area contributed by atoms with Gasteiger partial charge in [0.05, 0.1) is 12.7 Å². The van der Waals surface area contributed by atoms with Crippen LogP contribution >= 0.6 is 0 Å². The molecule has 2 amide bonds. The van der Waals surface area contributed by atoms with Crippen molar-refractivity contribution in [3.63, 3.8) is 0 Å². The van der Waals surface area contributed by atoms with Gasteiger partial charge in [0.25, 0.3) is 5.91 Å². The molecule has 0 spiro atoms. The molecule has 2 N–H and O–H groups in total. The van der Waals surface area contributed by atoms with Crippen molar-refractivity contribution in [3.8, 4) is 5.75 Å². The van der Waals surface area contributed by atoms with Crippen LogP contribution in [-0.4, -0.2) is 31.5 Å². The zero-order valence-corrected chi connectivity index (χ0v) is 11.9. The average molecular weight is 288 g/mol. The van der Waals surface area contributed by atoms with E-state index in [2.05, 4.69) is 10.6 Å². The minimum absolute atomic E-state index is 0.147. The zero-order chi connectivity index (χ0) is 15.0. The van der Waals surface area contributed by atoms with Gasteiger partial charge in [-0.05, 0) is 31.5 Å². The van der Waals surface area contributed by atoms with E-state index < -0.39 is 6.04 Å². The van der Waals surface area contributed by atoms with E-state index in [1.807, 2.05) is 0 Å². The number of benzene rings is 1. The number of rotatable bonds is 3. The first-order valence-corrected chi connectivity index (χ1v) is 6.76. The second kappa shape index (κ2) is 5.12. The summed E-state index contributed by atoms with van der Waals surface area (Å²) in [7, 11) is 1.57. The Morgan fingerprint density at radius 3 is 2.95 bits per heavy atom. The molecule has 1 atom stereocenters. The first-order chi connectivity index (χ1) is 10.1. The Bertz CT molecular complexity index is 720. The highest BCUT2D eigenvalue weighted by atomic mass is 16.5. The lowest BCUT2D eigenvalue weighted by atomic mass is 10.1. The molecule has 0 bridgehead atoms. The minimum atomic E-state index is -0.479. The minimum Gasteiger partial charge on any atom is -0.497 e. The fourth-order valence-electron chi connectivity index (χ4n) is 2.57. The SMILES string of the molecule is COc1ccc2oc(C)c(C(=O)NC3CCNC3=O)c2c1. The van der Waals surface area contributed by atoms with E-state index in [1.165, 1.54) is 0 Å². The van der Waals surface area contributed by atoms with Crippen LogP contribution in [0.1, 0.15) is 22.5 Å². The van der Waals surface area contributed by atoms with Crippen molar-refractivity contribution in [2.24, 2.45) is 0 Å². The molecule has 1 aromatic carbocycles. The van der Waals surface area contributed by atoms with Crippen LogP contribution < -0.4 is 15.4 Å². The molecule has 0 saturated carbocycles. The first kappa shape index (κ1) is 13.5. The number of ether oxygens (including phenoxy) is 1. The zero-order valence-electron chi connectivity index (χ0n) is 11.9. The number of hydrogen-bond acceptors (Lipinski definition) is 4. The van der Waals surface area contributed by atoms with E-state index in [4.69, 9.17) is 9.15 Å². The second-order valence-electron chi connectivity index (χ2n) is 5.00. The Kier molecular flexibility index (Phi) is 3.29. The summed E-state index contributed by atoms with van der Waals surface area (Å²) in [6.07, 6.45) is 0.600. The highest BCUT2D eigenvalue weighted by Gasteiger charge is 2.28. The summed E-state index contributed by atoms with van der Waals surface area (Å²) in [5.74, 6) is 0.720. The third-order valence-corrected chi connectivity index (χ3v) is 3.65. The maximum Gasteiger partial charge on any atom is 0.256 e. The van der Waals surface area contributed by atoms with Gasteiger partial charge in [0.15, 0.2) is 0 Å². The van der Waals surface area contributed by atoms with Crippen molar-refractivity contribution in [2.75, 3.05) is 13.7 Å². The topological polar surface area (TPSA) is 80.6 Å². The van der Waals surface area contributed by atoms with Crippen molar-refractivity contribution in [3.05, 3.63) is 29.5 Å². The van der Waals surface area contributed by atoms with E-state index in [9.17, 15) is 9.59 Å². The van der Waals surface area contributed by atoms with Crippen LogP contribution in [0.5, 0.6) is 5.75 Å². The largest absolute Gasteiger partial charge is 0.497 e. The van der Waals surface area contributed by atoms with Gasteiger partial charge in [-0.3, -0.25) is 9.59 Å². The predicted molar refractivity (Wildman–Crippen MR) is 76.4 cm³/mol. The lowest BCUT2D eigenvalue weighted by molar-refractivity contribution is -0.120. The molecule has 0 radical (unpaired) electrons. The van der Waals surface area contributed by atoms with Gasteiger partial charge >= 0.3 is 0 Å². The normalized spacial score (nSPS) is 17.8. The van der Waals surface area contributed by atoms with Gasteiger partial charge < -0.3 is 19.8 Å². The van der Waals surface area contributed by atoms with Gasteiger partial charge in [-0.2, -0.15) is 0 Å². The van der Waals surface area contributed by atoms with Gasteiger partial charge in [-0.25, -0.2) is 0 Å². The van der Waals surface area contributed by atoms with Crippen LogP contribution in [-0.2, 0) is 4.79 Å². The van der Waals surface area contributed by atoms with Crippen LogP contribution in [0.4, 0.5) is 0 Å². The summed E-state index contributed by atoms with van der Waals surface area (Å²) in [6.45, 7) is 2.32. The summed E-state index contributed by atoms with van der Waals surface area (Å²) in [4.78, 5) is 24.0. The molecule has 2 aromatic rings. The first-order valence-electron chi connectivity index (χ1n) is 6.76. The number of amides is 2. The highest BCUT2D eigenvalue weighted by molar-refractivity contribution is 6.08. The molecule has 110 valence electrons. The molecule has 6 nitrogen and oxygen atoms in total. The Morgan fingerprint density at radius 1 is 1.48 bits per heavy atom. The van der Waals surface area contributed by atoms with Crippen molar-refractivity contribution in [2.45, 2.75) is 19.4 Å².